The summed E-state index contributed by atoms with van der Waals surface area (Å²) < 4.78 is 0. The number of amidine groups is 1. The summed E-state index contributed by atoms with van der Waals surface area (Å²) in [6, 6.07) is 0. The Labute approximate surface area is 72.8 Å². The molecule has 1 rings (SSSR count). The highest BCUT2D eigenvalue weighted by Gasteiger charge is 2.36. The van der Waals surface area contributed by atoms with E-state index < -0.39 is 0 Å². The minimum absolute atomic E-state index is 0.0757. The van der Waals surface area contributed by atoms with Crippen LogP contribution in [-0.2, 0) is 4.84 Å². The van der Waals surface area contributed by atoms with E-state index in [0.717, 1.165) is 5.06 Å². The van der Waals surface area contributed by atoms with Crippen molar-refractivity contribution in [1.82, 2.24) is 5.06 Å². The summed E-state index contributed by atoms with van der Waals surface area (Å²) in [4.78, 5) is 4.94. The smallest absolute Gasteiger partial charge is 0.174 e. The molecular formula is C8H16N2O2. The fraction of sp³-hybridized carbons (Fsp3) is 0.875. The summed E-state index contributed by atoms with van der Waals surface area (Å²) >= 11 is 0. The van der Waals surface area contributed by atoms with Crippen molar-refractivity contribution in [2.75, 3.05) is 13.7 Å². The molecule has 1 atom stereocenters. The zero-order chi connectivity index (χ0) is 9.35. The van der Waals surface area contributed by atoms with Crippen LogP contribution in [0.25, 0.3) is 0 Å². The van der Waals surface area contributed by atoms with Crippen molar-refractivity contribution in [2.45, 2.75) is 20.8 Å². The first kappa shape index (κ1) is 9.32. The Bertz CT molecular complexity index is 194. The number of rotatable bonds is 0. The highest BCUT2D eigenvalue weighted by Crippen LogP contribution is 2.30. The van der Waals surface area contributed by atoms with E-state index in [2.05, 4.69) is 25.9 Å². The lowest BCUT2D eigenvalue weighted by molar-refractivity contribution is 0.00502. The molecule has 0 aromatic carbocycles. The van der Waals surface area contributed by atoms with E-state index in [4.69, 9.17) is 4.84 Å². The summed E-state index contributed by atoms with van der Waals surface area (Å²) in [6.07, 6.45) is 0. The van der Waals surface area contributed by atoms with Crippen molar-refractivity contribution in [3.8, 4) is 0 Å². The normalized spacial score (nSPS) is 23.4. The maximum Gasteiger partial charge on any atom is 0.174 e. The van der Waals surface area contributed by atoms with E-state index in [1.807, 2.05) is 0 Å². The fourth-order valence-corrected chi connectivity index (χ4v) is 1.24. The topological polar surface area (TPSA) is 45.1 Å². The second-order valence-electron chi connectivity index (χ2n) is 4.19. The molecule has 1 aliphatic heterocycles. The van der Waals surface area contributed by atoms with Gasteiger partial charge in [-0.25, -0.2) is 5.06 Å². The molecule has 0 fully saturated rings. The predicted molar refractivity (Wildman–Crippen MR) is 45.9 cm³/mol. The van der Waals surface area contributed by atoms with Crippen LogP contribution in [0.3, 0.4) is 0 Å². The van der Waals surface area contributed by atoms with Crippen LogP contribution in [0, 0.1) is 11.3 Å². The Hall–Kier alpha value is -0.770. The van der Waals surface area contributed by atoms with Gasteiger partial charge in [-0.1, -0.05) is 25.9 Å². The summed E-state index contributed by atoms with van der Waals surface area (Å²) in [5, 5.41) is 14.0. The van der Waals surface area contributed by atoms with Crippen LogP contribution >= 0.6 is 0 Å². The Kier molecular flexibility index (Phi) is 2.28. The molecule has 1 unspecified atom stereocenters. The SMILES string of the molecule is CN(O)C1=NOCC1C(C)(C)C. The average Bonchev–Trinajstić information content (AvgIpc) is 2.30. The summed E-state index contributed by atoms with van der Waals surface area (Å²) in [5.41, 5.74) is 0.0757. The van der Waals surface area contributed by atoms with Gasteiger partial charge in [0.05, 0.1) is 5.92 Å². The minimum atomic E-state index is 0.0757. The van der Waals surface area contributed by atoms with Crippen LogP contribution in [0.4, 0.5) is 0 Å². The highest BCUT2D eigenvalue weighted by atomic mass is 16.6. The standard InChI is InChI=1S/C8H16N2O2/c1-8(2,3)6-5-12-9-7(6)10(4)11/h6,11H,5H2,1-4H3. The van der Waals surface area contributed by atoms with Crippen molar-refractivity contribution in [1.29, 1.82) is 0 Å². The first-order chi connectivity index (χ1) is 5.43. The maximum atomic E-state index is 9.21. The van der Waals surface area contributed by atoms with Crippen molar-refractivity contribution in [3.05, 3.63) is 0 Å². The van der Waals surface area contributed by atoms with Gasteiger partial charge < -0.3 is 4.84 Å². The Balaban J connectivity index is 2.75. The van der Waals surface area contributed by atoms with Gasteiger partial charge >= 0.3 is 0 Å². The van der Waals surface area contributed by atoms with Crippen molar-refractivity contribution < 1.29 is 10.0 Å². The number of oxime groups is 1. The molecule has 0 saturated heterocycles. The molecule has 0 aromatic rings. The van der Waals surface area contributed by atoms with Crippen LogP contribution < -0.4 is 0 Å². The molecule has 4 nitrogen and oxygen atoms in total. The third-order valence-electron chi connectivity index (χ3n) is 2.09. The van der Waals surface area contributed by atoms with Gasteiger partial charge in [0.25, 0.3) is 0 Å². The Morgan fingerprint density at radius 2 is 2.17 bits per heavy atom. The molecule has 12 heavy (non-hydrogen) atoms. The lowest BCUT2D eigenvalue weighted by atomic mass is 9.80. The Morgan fingerprint density at radius 1 is 1.58 bits per heavy atom. The average molecular weight is 172 g/mol. The van der Waals surface area contributed by atoms with Crippen LogP contribution in [0.5, 0.6) is 0 Å². The number of hydroxylamine groups is 2. The van der Waals surface area contributed by atoms with E-state index in [9.17, 15) is 5.21 Å². The molecule has 1 N–H and O–H groups in total. The highest BCUT2D eigenvalue weighted by molar-refractivity contribution is 5.84. The fourth-order valence-electron chi connectivity index (χ4n) is 1.24. The zero-order valence-corrected chi connectivity index (χ0v) is 8.03. The van der Waals surface area contributed by atoms with E-state index in [1.54, 1.807) is 7.05 Å². The van der Waals surface area contributed by atoms with Crippen molar-refractivity contribution >= 4 is 5.84 Å². The van der Waals surface area contributed by atoms with Gasteiger partial charge in [-0.05, 0) is 5.41 Å². The van der Waals surface area contributed by atoms with Gasteiger partial charge in [-0.2, -0.15) is 0 Å². The van der Waals surface area contributed by atoms with E-state index in [1.165, 1.54) is 0 Å². The molecule has 4 heteroatoms. The molecule has 70 valence electrons. The lowest BCUT2D eigenvalue weighted by Crippen LogP contribution is -2.36. The molecule has 0 bridgehead atoms. The van der Waals surface area contributed by atoms with Crippen molar-refractivity contribution in [2.24, 2.45) is 16.5 Å². The largest absolute Gasteiger partial charge is 0.394 e. The molecule has 1 aliphatic rings. The summed E-state index contributed by atoms with van der Waals surface area (Å²) in [5.74, 6) is 0.787. The van der Waals surface area contributed by atoms with Gasteiger partial charge in [-0.3, -0.25) is 5.21 Å². The summed E-state index contributed by atoms with van der Waals surface area (Å²) in [6.45, 7) is 6.87. The van der Waals surface area contributed by atoms with E-state index in [-0.39, 0.29) is 11.3 Å². The molecule has 0 radical (unpaired) electrons. The van der Waals surface area contributed by atoms with Gasteiger partial charge in [0.2, 0.25) is 0 Å². The molecule has 0 amide bonds. The second-order valence-corrected chi connectivity index (χ2v) is 4.19. The molecular weight excluding hydrogens is 156 g/mol. The maximum absolute atomic E-state index is 9.21. The monoisotopic (exact) mass is 172 g/mol. The van der Waals surface area contributed by atoms with Gasteiger partial charge in [0.15, 0.2) is 5.84 Å². The van der Waals surface area contributed by atoms with E-state index >= 15 is 0 Å². The zero-order valence-electron chi connectivity index (χ0n) is 8.03. The van der Waals surface area contributed by atoms with Crippen molar-refractivity contribution in [3.63, 3.8) is 0 Å². The quantitative estimate of drug-likeness (QED) is 0.560. The molecule has 0 aliphatic carbocycles. The first-order valence-electron chi connectivity index (χ1n) is 4.05. The van der Waals surface area contributed by atoms with Gasteiger partial charge in [-0.15, -0.1) is 0 Å². The summed E-state index contributed by atoms with van der Waals surface area (Å²) in [7, 11) is 1.56. The number of hydrogen-bond acceptors (Lipinski definition) is 4. The number of hydrogen-bond donors (Lipinski definition) is 1. The second kappa shape index (κ2) is 2.94. The van der Waals surface area contributed by atoms with Gasteiger partial charge in [0, 0.05) is 7.05 Å². The third-order valence-corrected chi connectivity index (χ3v) is 2.09. The van der Waals surface area contributed by atoms with Crippen LogP contribution in [0.15, 0.2) is 5.16 Å². The molecule has 0 spiro atoms. The minimum Gasteiger partial charge on any atom is -0.394 e. The Morgan fingerprint density at radius 3 is 2.50 bits per heavy atom. The van der Waals surface area contributed by atoms with Gasteiger partial charge in [0.1, 0.15) is 6.61 Å². The predicted octanol–water partition coefficient (Wildman–Crippen LogP) is 1.31. The molecule has 1 heterocycles. The van der Waals surface area contributed by atoms with E-state index in [0.29, 0.717) is 12.4 Å². The van der Waals surface area contributed by atoms with Crippen LogP contribution in [0.1, 0.15) is 20.8 Å². The van der Waals surface area contributed by atoms with Crippen LogP contribution in [-0.4, -0.2) is 29.8 Å². The lowest BCUT2D eigenvalue weighted by Gasteiger charge is -2.27. The molecule has 0 saturated carbocycles. The first-order valence-corrected chi connectivity index (χ1v) is 4.05. The molecule has 0 aromatic heterocycles. The number of nitrogens with zero attached hydrogens (tertiary/aromatic N) is 2. The third kappa shape index (κ3) is 1.69. The van der Waals surface area contributed by atoms with Crippen LogP contribution in [0.2, 0.25) is 0 Å².